The standard InChI is InChI=1S/C14H20N2O2/c1-4-16-9-14(11(2)15)18-10-12-5-7-13(17-3)8-6-12/h5-9H,4,10,15H2,1-3H3/b14-11+,16-9?. The largest absolute Gasteiger partial charge is 0.497 e. The predicted molar refractivity (Wildman–Crippen MR) is 73.7 cm³/mol. The number of nitrogens with two attached hydrogens (primary N) is 1. The number of aliphatic imine (C=N–C) groups is 1. The molecule has 1 aromatic carbocycles. The van der Waals surface area contributed by atoms with E-state index in [1.54, 1.807) is 20.2 Å². The highest BCUT2D eigenvalue weighted by molar-refractivity contribution is 5.76. The van der Waals surface area contributed by atoms with Crippen LogP contribution in [0.3, 0.4) is 0 Å². The maximum Gasteiger partial charge on any atom is 0.155 e. The summed E-state index contributed by atoms with van der Waals surface area (Å²) in [4.78, 5) is 4.13. The topological polar surface area (TPSA) is 56.8 Å². The molecule has 0 saturated carbocycles. The van der Waals surface area contributed by atoms with Crippen LogP contribution in [0, 0.1) is 0 Å². The van der Waals surface area contributed by atoms with Crippen LogP contribution in [0.4, 0.5) is 0 Å². The van der Waals surface area contributed by atoms with Crippen LogP contribution in [0.15, 0.2) is 40.7 Å². The van der Waals surface area contributed by atoms with Gasteiger partial charge in [-0.05, 0) is 31.5 Å². The van der Waals surface area contributed by atoms with Crippen molar-refractivity contribution >= 4 is 6.21 Å². The number of methoxy groups -OCH3 is 1. The minimum absolute atomic E-state index is 0.462. The van der Waals surface area contributed by atoms with Crippen molar-refractivity contribution in [3.05, 3.63) is 41.3 Å². The number of hydrogen-bond acceptors (Lipinski definition) is 4. The van der Waals surface area contributed by atoms with E-state index in [0.29, 0.717) is 24.6 Å². The van der Waals surface area contributed by atoms with Gasteiger partial charge in [0.2, 0.25) is 0 Å². The number of ether oxygens (including phenoxy) is 2. The van der Waals surface area contributed by atoms with E-state index >= 15 is 0 Å². The van der Waals surface area contributed by atoms with Crippen LogP contribution >= 0.6 is 0 Å². The van der Waals surface area contributed by atoms with Crippen LogP contribution in [0.2, 0.25) is 0 Å². The highest BCUT2D eigenvalue weighted by Gasteiger charge is 2.00. The number of allylic oxidation sites excluding steroid dienone is 2. The zero-order valence-electron chi connectivity index (χ0n) is 11.1. The van der Waals surface area contributed by atoms with Crippen molar-refractivity contribution in [1.29, 1.82) is 0 Å². The molecular weight excluding hydrogens is 228 g/mol. The third-order valence-electron chi connectivity index (χ3n) is 2.33. The van der Waals surface area contributed by atoms with Gasteiger partial charge >= 0.3 is 0 Å². The Kier molecular flexibility index (Phi) is 5.77. The SMILES string of the molecule is CCN=C/C(OCc1ccc(OC)cc1)=C(/C)N. The van der Waals surface area contributed by atoms with Crippen LogP contribution in [0.25, 0.3) is 0 Å². The summed E-state index contributed by atoms with van der Waals surface area (Å²) in [5, 5.41) is 0. The van der Waals surface area contributed by atoms with Gasteiger partial charge in [0.05, 0.1) is 13.3 Å². The van der Waals surface area contributed by atoms with E-state index in [1.165, 1.54) is 0 Å². The van der Waals surface area contributed by atoms with Crippen LogP contribution in [0.1, 0.15) is 19.4 Å². The lowest BCUT2D eigenvalue weighted by Gasteiger charge is -2.09. The van der Waals surface area contributed by atoms with Gasteiger partial charge in [0.25, 0.3) is 0 Å². The lowest BCUT2D eigenvalue weighted by atomic mass is 10.2. The van der Waals surface area contributed by atoms with E-state index in [-0.39, 0.29) is 0 Å². The zero-order valence-corrected chi connectivity index (χ0v) is 11.1. The van der Waals surface area contributed by atoms with Crippen molar-refractivity contribution in [3.63, 3.8) is 0 Å². The summed E-state index contributed by atoms with van der Waals surface area (Å²) >= 11 is 0. The first-order valence-corrected chi connectivity index (χ1v) is 5.89. The van der Waals surface area contributed by atoms with Gasteiger partial charge < -0.3 is 15.2 Å². The van der Waals surface area contributed by atoms with E-state index < -0.39 is 0 Å². The summed E-state index contributed by atoms with van der Waals surface area (Å²) in [6.45, 7) is 4.93. The molecule has 18 heavy (non-hydrogen) atoms. The monoisotopic (exact) mass is 248 g/mol. The number of benzene rings is 1. The van der Waals surface area contributed by atoms with Crippen LogP contribution in [-0.4, -0.2) is 19.9 Å². The minimum atomic E-state index is 0.462. The molecule has 0 aromatic heterocycles. The van der Waals surface area contributed by atoms with Crippen molar-refractivity contribution in [2.75, 3.05) is 13.7 Å². The fourth-order valence-electron chi connectivity index (χ4n) is 1.31. The third kappa shape index (κ3) is 4.49. The first-order chi connectivity index (χ1) is 8.67. The van der Waals surface area contributed by atoms with E-state index in [9.17, 15) is 0 Å². The average Bonchev–Trinajstić information content (AvgIpc) is 2.39. The molecule has 1 aromatic rings. The van der Waals surface area contributed by atoms with Crippen LogP contribution in [0.5, 0.6) is 5.75 Å². The molecule has 4 nitrogen and oxygen atoms in total. The summed E-state index contributed by atoms with van der Waals surface area (Å²) in [6.07, 6.45) is 1.67. The van der Waals surface area contributed by atoms with Crippen molar-refractivity contribution < 1.29 is 9.47 Å². The molecule has 0 fully saturated rings. The maximum absolute atomic E-state index is 5.73. The number of hydrogen-bond donors (Lipinski definition) is 1. The Hall–Kier alpha value is -1.97. The van der Waals surface area contributed by atoms with Crippen molar-refractivity contribution in [2.24, 2.45) is 10.7 Å². The van der Waals surface area contributed by atoms with Gasteiger partial charge in [0.15, 0.2) is 5.76 Å². The van der Waals surface area contributed by atoms with Crippen molar-refractivity contribution in [2.45, 2.75) is 20.5 Å². The van der Waals surface area contributed by atoms with Crippen LogP contribution < -0.4 is 10.5 Å². The highest BCUT2D eigenvalue weighted by Crippen LogP contribution is 2.13. The molecule has 1 rings (SSSR count). The van der Waals surface area contributed by atoms with Gasteiger partial charge in [-0.25, -0.2) is 0 Å². The average molecular weight is 248 g/mol. The lowest BCUT2D eigenvalue weighted by Crippen LogP contribution is -2.04. The normalized spacial score (nSPS) is 12.4. The molecule has 0 amide bonds. The molecule has 98 valence electrons. The van der Waals surface area contributed by atoms with E-state index in [0.717, 1.165) is 11.3 Å². The summed E-state index contributed by atoms with van der Waals surface area (Å²) in [5.41, 5.74) is 7.41. The Morgan fingerprint density at radius 1 is 1.33 bits per heavy atom. The summed E-state index contributed by atoms with van der Waals surface area (Å²) in [7, 11) is 1.64. The summed E-state index contributed by atoms with van der Waals surface area (Å²) < 4.78 is 10.7. The number of rotatable bonds is 6. The maximum atomic E-state index is 5.73. The minimum Gasteiger partial charge on any atom is -0.497 e. The molecule has 0 atom stereocenters. The highest BCUT2D eigenvalue weighted by atomic mass is 16.5. The molecule has 0 aliphatic carbocycles. The van der Waals surface area contributed by atoms with E-state index in [4.69, 9.17) is 15.2 Å². The van der Waals surface area contributed by atoms with Gasteiger partial charge in [0, 0.05) is 12.2 Å². The molecule has 0 aliphatic rings. The van der Waals surface area contributed by atoms with Gasteiger partial charge in [-0.2, -0.15) is 0 Å². The van der Waals surface area contributed by atoms with Crippen molar-refractivity contribution in [1.82, 2.24) is 0 Å². The second-order valence-corrected chi connectivity index (χ2v) is 3.81. The van der Waals surface area contributed by atoms with Gasteiger partial charge in [-0.3, -0.25) is 4.99 Å². The Labute approximate surface area is 108 Å². The van der Waals surface area contributed by atoms with E-state index in [2.05, 4.69) is 4.99 Å². The molecule has 2 N–H and O–H groups in total. The van der Waals surface area contributed by atoms with E-state index in [1.807, 2.05) is 31.2 Å². The first kappa shape index (κ1) is 14.1. The van der Waals surface area contributed by atoms with Crippen LogP contribution in [-0.2, 0) is 11.3 Å². The molecule has 0 radical (unpaired) electrons. The predicted octanol–water partition coefficient (Wildman–Crippen LogP) is 2.49. The third-order valence-corrected chi connectivity index (χ3v) is 2.33. The fraction of sp³-hybridized carbons (Fsp3) is 0.357. The molecule has 0 heterocycles. The Morgan fingerprint density at radius 3 is 2.50 bits per heavy atom. The Bertz CT molecular complexity index is 418. The molecule has 0 bridgehead atoms. The van der Waals surface area contributed by atoms with Gasteiger partial charge in [-0.1, -0.05) is 12.1 Å². The number of nitrogens with zero attached hydrogens (tertiary/aromatic N) is 1. The molecular formula is C14H20N2O2. The summed E-state index contributed by atoms with van der Waals surface area (Å²) in [5.74, 6) is 1.45. The quantitative estimate of drug-likeness (QED) is 0.621. The second kappa shape index (κ2) is 7.37. The van der Waals surface area contributed by atoms with Crippen molar-refractivity contribution in [3.8, 4) is 5.75 Å². The molecule has 0 aliphatic heterocycles. The summed E-state index contributed by atoms with van der Waals surface area (Å²) in [6, 6.07) is 7.72. The first-order valence-electron chi connectivity index (χ1n) is 5.89. The second-order valence-electron chi connectivity index (χ2n) is 3.81. The zero-order chi connectivity index (χ0) is 13.4. The Balaban J connectivity index is 2.62. The Morgan fingerprint density at radius 2 is 2.00 bits per heavy atom. The smallest absolute Gasteiger partial charge is 0.155 e. The van der Waals surface area contributed by atoms with Gasteiger partial charge in [-0.15, -0.1) is 0 Å². The molecule has 0 spiro atoms. The molecule has 4 heteroatoms. The molecule has 0 saturated heterocycles. The molecule has 0 unspecified atom stereocenters. The lowest BCUT2D eigenvalue weighted by molar-refractivity contribution is 0.216. The fourth-order valence-corrected chi connectivity index (χ4v) is 1.31. The van der Waals surface area contributed by atoms with Gasteiger partial charge in [0.1, 0.15) is 12.4 Å².